The molecule has 2 aromatic rings. The molecule has 0 unspecified atom stereocenters. The Hall–Kier alpha value is -3.67. The highest BCUT2D eigenvalue weighted by atomic mass is 32.2. The fourth-order valence-electron chi connectivity index (χ4n) is 2.95. The lowest BCUT2D eigenvalue weighted by molar-refractivity contribution is -0.153. The van der Waals surface area contributed by atoms with E-state index in [9.17, 15) is 26.8 Å². The molecule has 0 saturated carbocycles. The summed E-state index contributed by atoms with van der Waals surface area (Å²) in [4.78, 5) is 22.9. The summed E-state index contributed by atoms with van der Waals surface area (Å²) in [5, 5.41) is 2.87. The van der Waals surface area contributed by atoms with Crippen molar-refractivity contribution in [3.8, 4) is 23.0 Å². The Morgan fingerprint density at radius 1 is 0.943 bits per heavy atom. The largest absolute Gasteiger partial charge is 0.496 e. The Morgan fingerprint density at radius 3 is 2.00 bits per heavy atom. The lowest BCUT2D eigenvalue weighted by Gasteiger charge is -2.16. The molecule has 2 rings (SSSR count). The number of ketones is 1. The minimum atomic E-state index is -4.26. The Labute approximate surface area is 201 Å². The lowest BCUT2D eigenvalue weighted by atomic mass is 10.1. The zero-order valence-corrected chi connectivity index (χ0v) is 20.5. The molecule has 0 aliphatic heterocycles. The molecule has 190 valence electrons. The van der Waals surface area contributed by atoms with Gasteiger partial charge in [-0.3, -0.25) is 9.59 Å². The smallest absolute Gasteiger partial charge is 0.381 e. The van der Waals surface area contributed by atoms with Crippen molar-refractivity contribution in [1.29, 1.82) is 0 Å². The number of methoxy groups -OCH3 is 4. The lowest BCUT2D eigenvalue weighted by Crippen LogP contribution is -2.40. The van der Waals surface area contributed by atoms with Crippen LogP contribution >= 0.6 is 0 Å². The zero-order valence-electron chi connectivity index (χ0n) is 19.7. The van der Waals surface area contributed by atoms with Gasteiger partial charge in [-0.05, 0) is 23.8 Å². The van der Waals surface area contributed by atoms with E-state index < -0.39 is 33.2 Å². The summed E-state index contributed by atoms with van der Waals surface area (Å²) >= 11 is 0. The van der Waals surface area contributed by atoms with Gasteiger partial charge in [0.15, 0.2) is 9.84 Å². The number of Topliss-reactive ketones (excluding diaryl/α,β-unsaturated/α-hetero) is 1. The number of nitrogens with one attached hydrogen (secondary N) is 1. The molecule has 0 saturated heterocycles. The van der Waals surface area contributed by atoms with Crippen LogP contribution in [-0.4, -0.2) is 54.5 Å². The van der Waals surface area contributed by atoms with Gasteiger partial charge in [0, 0.05) is 24.5 Å². The summed E-state index contributed by atoms with van der Waals surface area (Å²) < 4.78 is 73.7. The molecule has 0 aromatic heterocycles. The highest BCUT2D eigenvalue weighted by Gasteiger charge is 2.44. The first-order chi connectivity index (χ1) is 16.4. The van der Waals surface area contributed by atoms with E-state index in [0.717, 1.165) is 5.41 Å². The fraction of sp³-hybridized carbons (Fsp3) is 0.304. The van der Waals surface area contributed by atoms with Crippen molar-refractivity contribution in [3.05, 3.63) is 46.9 Å². The van der Waals surface area contributed by atoms with Crippen molar-refractivity contribution in [2.75, 3.05) is 33.8 Å². The number of anilines is 1. The number of rotatable bonds is 11. The van der Waals surface area contributed by atoms with Gasteiger partial charge in [0.25, 0.3) is 0 Å². The Morgan fingerprint density at radius 2 is 1.51 bits per heavy atom. The predicted octanol–water partition coefficient (Wildman–Crippen LogP) is 3.47. The molecule has 35 heavy (non-hydrogen) atoms. The van der Waals surface area contributed by atoms with Gasteiger partial charge >= 0.3 is 11.8 Å². The van der Waals surface area contributed by atoms with Crippen LogP contribution in [0.25, 0.3) is 6.08 Å². The minimum Gasteiger partial charge on any atom is -0.496 e. The van der Waals surface area contributed by atoms with Crippen LogP contribution in [0.2, 0.25) is 0 Å². The van der Waals surface area contributed by atoms with Crippen LogP contribution in [0.5, 0.6) is 23.0 Å². The Balaban J connectivity index is 2.35. The summed E-state index contributed by atoms with van der Waals surface area (Å²) in [6.07, 6.45) is 1.30. The van der Waals surface area contributed by atoms with Gasteiger partial charge in [0.2, 0.25) is 5.78 Å². The van der Waals surface area contributed by atoms with Gasteiger partial charge in [0.1, 0.15) is 23.0 Å². The maximum Gasteiger partial charge on any atom is 0.381 e. The maximum atomic E-state index is 13.7. The molecule has 0 bridgehead atoms. The number of benzene rings is 2. The number of carbonyl (C=O) groups excluding carboxylic acids is 2. The molecule has 9 nitrogen and oxygen atoms in total. The average Bonchev–Trinajstić information content (AvgIpc) is 2.81. The molecular formula is C23H25F2NO8S. The van der Waals surface area contributed by atoms with Crippen LogP contribution in [-0.2, 0) is 25.2 Å². The molecule has 0 aliphatic carbocycles. The van der Waals surface area contributed by atoms with Gasteiger partial charge < -0.3 is 24.3 Å². The van der Waals surface area contributed by atoms with Crippen LogP contribution in [0, 0.1) is 0 Å². The molecule has 12 heteroatoms. The number of halogens is 2. The molecule has 0 aliphatic rings. The van der Waals surface area contributed by atoms with E-state index in [0.29, 0.717) is 29.7 Å². The first kappa shape index (κ1) is 27.6. The van der Waals surface area contributed by atoms with Crippen LogP contribution in [0.4, 0.5) is 14.5 Å². The summed E-state index contributed by atoms with van der Waals surface area (Å²) in [7, 11) is 1.63. The van der Waals surface area contributed by atoms with E-state index in [2.05, 4.69) is 0 Å². The van der Waals surface area contributed by atoms with Crippen molar-refractivity contribution >= 4 is 33.3 Å². The molecule has 0 spiro atoms. The van der Waals surface area contributed by atoms with Gasteiger partial charge in [-0.1, -0.05) is 6.07 Å². The molecule has 0 atom stereocenters. The van der Waals surface area contributed by atoms with Crippen molar-refractivity contribution in [1.82, 2.24) is 0 Å². The summed E-state index contributed by atoms with van der Waals surface area (Å²) in [5.74, 6) is -7.21. The van der Waals surface area contributed by atoms with E-state index in [-0.39, 0.29) is 17.0 Å². The van der Waals surface area contributed by atoms with Crippen LogP contribution in [0.3, 0.4) is 0 Å². The third-order valence-electron chi connectivity index (χ3n) is 4.80. The molecular weight excluding hydrogens is 488 g/mol. The third-order valence-corrected chi connectivity index (χ3v) is 6.09. The minimum absolute atomic E-state index is 0.00194. The molecule has 1 amide bonds. The van der Waals surface area contributed by atoms with E-state index in [4.69, 9.17) is 18.9 Å². The van der Waals surface area contributed by atoms with E-state index in [1.54, 1.807) is 12.1 Å². The third kappa shape index (κ3) is 6.69. The number of hydrogen-bond donors (Lipinski definition) is 1. The number of sulfone groups is 1. The fourth-order valence-corrected chi connectivity index (χ4v) is 4.04. The predicted molar refractivity (Wildman–Crippen MR) is 125 cm³/mol. The summed E-state index contributed by atoms with van der Waals surface area (Å²) in [6, 6.07) is 7.00. The topological polar surface area (TPSA) is 117 Å². The maximum absolute atomic E-state index is 13.7. The number of hydrogen-bond acceptors (Lipinski definition) is 8. The van der Waals surface area contributed by atoms with Crippen molar-refractivity contribution in [3.63, 3.8) is 0 Å². The normalized spacial score (nSPS) is 11.7. The molecule has 0 fully saturated rings. The van der Waals surface area contributed by atoms with Crippen molar-refractivity contribution in [2.45, 2.75) is 18.6 Å². The SMILES string of the molecule is COc1cc(OC)c(/C=C/S(=O)(=O)Cc2ccc(OC)c(NC(=O)C(F)(F)C(C)=O)c2)c(OC)c1. The van der Waals surface area contributed by atoms with E-state index in [1.165, 1.54) is 52.7 Å². The number of carbonyl (C=O) groups is 2. The first-order valence-corrected chi connectivity index (χ1v) is 11.7. The molecule has 0 heterocycles. The van der Waals surface area contributed by atoms with Crippen LogP contribution < -0.4 is 24.3 Å². The number of amides is 1. The molecule has 2 aromatic carbocycles. The van der Waals surface area contributed by atoms with Crippen molar-refractivity contribution < 1.29 is 45.7 Å². The van der Waals surface area contributed by atoms with Gasteiger partial charge in [-0.25, -0.2) is 8.42 Å². The van der Waals surface area contributed by atoms with Crippen LogP contribution in [0.1, 0.15) is 18.1 Å². The first-order valence-electron chi connectivity index (χ1n) is 9.96. The number of alkyl halides is 2. The highest BCUT2D eigenvalue weighted by molar-refractivity contribution is 7.93. The Bertz CT molecular complexity index is 1220. The van der Waals surface area contributed by atoms with Gasteiger partial charge in [-0.15, -0.1) is 0 Å². The zero-order chi connectivity index (χ0) is 26.4. The Kier molecular flexibility index (Phi) is 8.80. The monoisotopic (exact) mass is 513 g/mol. The standard InChI is InChI=1S/C23H25F2NO8S/c1-14(27)23(24,25)22(28)26-18-10-15(6-7-19(18)32-3)13-35(29,30)9-8-17-20(33-4)11-16(31-2)12-21(17)34-5/h6-12H,13H2,1-5H3,(H,26,28)/b9-8+. The highest BCUT2D eigenvalue weighted by Crippen LogP contribution is 2.35. The molecule has 1 N–H and O–H groups in total. The molecule has 0 radical (unpaired) electrons. The second-order valence-corrected chi connectivity index (χ2v) is 9.06. The van der Waals surface area contributed by atoms with Gasteiger partial charge in [-0.2, -0.15) is 8.78 Å². The summed E-state index contributed by atoms with van der Waals surface area (Å²) in [5.41, 5.74) is 0.313. The second-order valence-electron chi connectivity index (χ2n) is 7.17. The average molecular weight is 514 g/mol. The van der Waals surface area contributed by atoms with E-state index in [1.807, 2.05) is 5.32 Å². The van der Waals surface area contributed by atoms with E-state index >= 15 is 0 Å². The van der Waals surface area contributed by atoms with Crippen molar-refractivity contribution in [2.24, 2.45) is 0 Å². The summed E-state index contributed by atoms with van der Waals surface area (Å²) in [6.45, 7) is 0.582. The van der Waals surface area contributed by atoms with Gasteiger partial charge in [0.05, 0.1) is 45.4 Å². The second kappa shape index (κ2) is 11.2. The quantitative estimate of drug-likeness (QED) is 0.454. The number of ether oxygens (including phenoxy) is 4. The van der Waals surface area contributed by atoms with Crippen LogP contribution in [0.15, 0.2) is 35.7 Å².